The van der Waals surface area contributed by atoms with Crippen LogP contribution < -0.4 is 0 Å². The van der Waals surface area contributed by atoms with E-state index in [1.165, 1.54) is 44.9 Å². The van der Waals surface area contributed by atoms with Gasteiger partial charge in [0.15, 0.2) is 0 Å². The van der Waals surface area contributed by atoms with Gasteiger partial charge in [0.1, 0.15) is 0 Å². The van der Waals surface area contributed by atoms with E-state index in [2.05, 4.69) is 13.5 Å². The van der Waals surface area contributed by atoms with Crippen LogP contribution in [0.1, 0.15) is 71.6 Å². The summed E-state index contributed by atoms with van der Waals surface area (Å²) in [4.78, 5) is 27.0. The molecule has 0 aromatic rings. The van der Waals surface area contributed by atoms with Crippen LogP contribution in [0.2, 0.25) is 48.2 Å². The Bertz CT molecular complexity index is 938. The van der Waals surface area contributed by atoms with Crippen LogP contribution in [0.25, 0.3) is 0 Å². The Morgan fingerprint density at radius 2 is 1.07 bits per heavy atom. The van der Waals surface area contributed by atoms with Crippen molar-refractivity contribution >= 4 is 5.97 Å². The Kier molecular flexibility index (Phi) is 1.17. The van der Waals surface area contributed by atoms with E-state index in [0.29, 0.717) is 12.2 Å². The van der Waals surface area contributed by atoms with Gasteiger partial charge in [0.2, 0.25) is 0 Å². The first-order chi connectivity index (χ1) is 13.3. The second-order valence-electron chi connectivity index (χ2n) is 14.3. The second kappa shape index (κ2) is 2.10. The first-order valence-electron chi connectivity index (χ1n) is 12.4. The summed E-state index contributed by atoms with van der Waals surface area (Å²) < 4.78 is 5.02. The molecule has 158 valence electrons. The summed E-state index contributed by atoms with van der Waals surface area (Å²) in [7, 11) is 0. The van der Waals surface area contributed by atoms with Gasteiger partial charge in [-0.3, -0.25) is 0 Å². The molecule has 0 bridgehead atoms. The third kappa shape index (κ3) is 0.338. The summed E-state index contributed by atoms with van der Waals surface area (Å²) in [6, 6.07) is 0. The number of ether oxygens (including phenoxy) is 1. The second-order valence-corrected chi connectivity index (χ2v) is 38.3. The van der Waals surface area contributed by atoms with Gasteiger partial charge < -0.3 is 4.74 Å². The molecule has 0 aliphatic carbocycles. The van der Waals surface area contributed by atoms with Gasteiger partial charge in [-0.15, -0.1) is 0 Å². The third-order valence-electron chi connectivity index (χ3n) is 17.4. The van der Waals surface area contributed by atoms with Crippen LogP contribution in [0.5, 0.6) is 0 Å². The normalized spacial score (nSPS) is 73.4. The van der Waals surface area contributed by atoms with Crippen molar-refractivity contribution in [3.63, 3.8) is 0 Å². The summed E-state index contributed by atoms with van der Waals surface area (Å²) in [5.41, 5.74) is 0.487. The van der Waals surface area contributed by atoms with Gasteiger partial charge in [0, 0.05) is 5.57 Å². The van der Waals surface area contributed by atoms with E-state index in [1.807, 2.05) is 0 Å². The van der Waals surface area contributed by atoms with Crippen molar-refractivity contribution in [2.45, 2.75) is 120 Å². The molecule has 10 aliphatic rings. The molecule has 0 unspecified atom stereocenters. The Hall–Kier alpha value is -0.271. The maximum atomic E-state index is 11.1. The summed E-state index contributed by atoms with van der Waals surface area (Å²) in [6.45, 7) is 5.73. The number of fused-ring (bicyclic) bond motifs is 10. The van der Waals surface area contributed by atoms with E-state index in [-0.39, 0.29) is 5.97 Å². The number of esters is 1. The molecule has 0 atom stereocenters. The monoisotopic (exact) mass is 426 g/mol. The fourth-order valence-corrected chi connectivity index (χ4v) is 89.7. The number of hydrogen-bond acceptors (Lipinski definition) is 2. The number of hydrogen-bond donors (Lipinski definition) is 0. The first kappa shape index (κ1) is 15.5. The average Bonchev–Trinajstić information content (AvgIpc) is 3.62. The van der Waals surface area contributed by atoms with Gasteiger partial charge in [-0.05, 0) is 13.3 Å². The van der Waals surface area contributed by atoms with Crippen LogP contribution >= 0.6 is 0 Å². The maximum absolute atomic E-state index is 11.1. The molecular weight excluding hydrogens is 388 g/mol. The van der Waals surface area contributed by atoms with E-state index in [9.17, 15) is 4.79 Å². The quantitative estimate of drug-likeness (QED) is 0.145. The van der Waals surface area contributed by atoms with Gasteiger partial charge in [0.25, 0.3) is 0 Å². The molecule has 10 fully saturated rings. The van der Waals surface area contributed by atoms with E-state index in [0.717, 1.165) is 12.8 Å². The van der Waals surface area contributed by atoms with Crippen LogP contribution in [-0.4, -0.2) is 12.6 Å². The van der Waals surface area contributed by atoms with E-state index >= 15 is 0 Å². The molecule has 3 heteroatoms. The predicted octanol–water partition coefficient (Wildman–Crippen LogP) is 8.01. The van der Waals surface area contributed by atoms with Crippen molar-refractivity contribution in [2.75, 3.05) is 6.61 Å². The minimum atomic E-state index is -2.28. The van der Waals surface area contributed by atoms with Crippen molar-refractivity contribution in [1.82, 2.24) is 0 Å². The van der Waals surface area contributed by atoms with Crippen LogP contribution in [0.3, 0.4) is 0 Å². The fourth-order valence-electron chi connectivity index (χ4n) is 17.5. The zero-order valence-electron chi connectivity index (χ0n) is 17.7. The molecule has 10 aliphatic heterocycles. The predicted molar refractivity (Wildman–Crippen MR) is 111 cm³/mol. The Labute approximate surface area is 160 Å². The summed E-state index contributed by atoms with van der Waals surface area (Å²) >= 11 is 0. The molecule has 10 heterocycles. The van der Waals surface area contributed by atoms with Crippen molar-refractivity contribution in [1.29, 1.82) is 0 Å². The van der Waals surface area contributed by atoms with Gasteiger partial charge in [0.05, 0.1) is 6.61 Å². The van der Waals surface area contributed by atoms with Gasteiger partial charge >= 0.3 is 60.6 Å². The van der Waals surface area contributed by atoms with Crippen molar-refractivity contribution in [3.8, 4) is 0 Å². The third-order valence-corrected chi connectivity index (χ3v) is 59.3. The minimum absolute atomic E-state index is 0.260. The number of carbonyl (C=O) groups is 1. The van der Waals surface area contributed by atoms with E-state index in [4.69, 9.17) is 4.74 Å². The molecule has 0 saturated carbocycles. The van der Waals surface area contributed by atoms with Gasteiger partial charge in [-0.25, -0.2) is 4.79 Å². The summed E-state index contributed by atoms with van der Waals surface area (Å²) in [5.74, 6) is -0.260. The molecule has 0 amide bonds. The van der Waals surface area contributed by atoms with E-state index < -0.39 is 6.51 Å². The Morgan fingerprint density at radius 3 is 1.36 bits per heavy atom. The standard InChI is InChI=1S/C15H28O2.2C5H5.Fe/c1-4-5-6-7-8-9-10-11-12-13-17-15(16)14(2)3;2*1-2-4-5-3-1;/h2,4-13H2,1,3H3;2*1-5H;. The van der Waals surface area contributed by atoms with Crippen molar-refractivity contribution < 1.29 is 16.0 Å². The number of unbranched alkanes of at least 4 members (excludes halogenated alkanes) is 8. The molecule has 28 heavy (non-hydrogen) atoms. The van der Waals surface area contributed by atoms with Crippen LogP contribution in [0, 0.1) is 0 Å². The van der Waals surface area contributed by atoms with Gasteiger partial charge in [-0.1, -0.05) is 64.9 Å². The molecule has 0 aromatic heterocycles. The SMILES string of the molecule is C=C(C)C(=O)OCCCCCCCCCCC.[CH]12[CH]3[CH]4[CH]5[CH]1[Fe]23451678[CH]2[CH]1[CH]6[CH]7[CH]28. The molecule has 2 nitrogen and oxygen atoms in total. The molecule has 10 saturated heterocycles. The summed E-state index contributed by atoms with van der Waals surface area (Å²) in [5, 5.41) is 0. The molecule has 0 aromatic carbocycles. The average molecular weight is 426 g/mol. The molecular formula is C25H38FeO2. The molecule has 0 N–H and O–H groups in total. The zero-order chi connectivity index (χ0) is 19.0. The van der Waals surface area contributed by atoms with Crippen molar-refractivity contribution in [2.24, 2.45) is 0 Å². The van der Waals surface area contributed by atoms with Crippen LogP contribution in [0.15, 0.2) is 12.2 Å². The Balaban J connectivity index is 0.0000000947. The van der Waals surface area contributed by atoms with Crippen LogP contribution in [-0.2, 0) is 16.0 Å². The number of rotatable bonds is 11. The topological polar surface area (TPSA) is 26.3 Å². The van der Waals surface area contributed by atoms with Crippen LogP contribution in [0.4, 0.5) is 0 Å². The first-order valence-corrected chi connectivity index (χ1v) is 18.8. The molecule has 10 rings (SSSR count). The fraction of sp³-hybridized carbons (Fsp3) is 0.880. The molecule has 0 radical (unpaired) electrons. The number of carbonyl (C=O) groups excluding carboxylic acids is 1. The summed E-state index contributed by atoms with van der Waals surface area (Å²) in [6.07, 6.45) is 11.5. The Morgan fingerprint density at radius 1 is 0.714 bits per heavy atom. The van der Waals surface area contributed by atoms with Gasteiger partial charge in [-0.2, -0.15) is 0 Å². The zero-order valence-corrected chi connectivity index (χ0v) is 18.8. The molecule has 1 spiro atoms. The van der Waals surface area contributed by atoms with Crippen molar-refractivity contribution in [3.05, 3.63) is 12.2 Å². The van der Waals surface area contributed by atoms with E-state index in [1.54, 1.807) is 55.1 Å².